The van der Waals surface area contributed by atoms with E-state index in [1.54, 1.807) is 41.3 Å². The number of aldehydes is 1. The van der Waals surface area contributed by atoms with Crippen molar-refractivity contribution in [2.75, 3.05) is 38.5 Å². The summed E-state index contributed by atoms with van der Waals surface area (Å²) in [7, 11) is 1.82. The summed E-state index contributed by atoms with van der Waals surface area (Å²) in [5, 5.41) is 18.0. The molecule has 1 aliphatic heterocycles. The molecule has 1 saturated carbocycles. The Kier molecular flexibility index (Phi) is 10.9. The Labute approximate surface area is 272 Å². The van der Waals surface area contributed by atoms with Crippen molar-refractivity contribution < 1.29 is 29.0 Å². The summed E-state index contributed by atoms with van der Waals surface area (Å²) in [6.45, 7) is 3.16. The van der Waals surface area contributed by atoms with Crippen molar-refractivity contribution in [3.8, 4) is 0 Å². The van der Waals surface area contributed by atoms with E-state index >= 15 is 0 Å². The number of carbonyl (C=O) groups is 4. The number of piperidine rings is 1. The van der Waals surface area contributed by atoms with Crippen LogP contribution in [0, 0.1) is 5.41 Å². The van der Waals surface area contributed by atoms with Gasteiger partial charge in [0.25, 0.3) is 0 Å². The van der Waals surface area contributed by atoms with Crippen LogP contribution < -0.4 is 5.32 Å². The predicted octanol–water partition coefficient (Wildman–Crippen LogP) is 5.30. The number of amides is 2. The van der Waals surface area contributed by atoms with Gasteiger partial charge in [-0.1, -0.05) is 12.1 Å². The fourth-order valence-electron chi connectivity index (χ4n) is 6.25. The summed E-state index contributed by atoms with van der Waals surface area (Å²) in [6, 6.07) is 13.9. The van der Waals surface area contributed by atoms with Crippen LogP contribution in [0.5, 0.6) is 0 Å². The number of esters is 1. The molecule has 2 fully saturated rings. The fraction of sp³-hybridized carbons (Fsp3) is 0.471. The molecular formula is C34H41N3O6S2. The third-order valence-corrected chi connectivity index (χ3v) is 11.1. The molecule has 2 aromatic heterocycles. The lowest BCUT2D eigenvalue weighted by Gasteiger charge is -2.51. The maximum absolute atomic E-state index is 13.3. The number of anilines is 1. The van der Waals surface area contributed by atoms with Gasteiger partial charge in [0.1, 0.15) is 12.4 Å². The summed E-state index contributed by atoms with van der Waals surface area (Å²) in [5.41, 5.74) is -0.381. The van der Waals surface area contributed by atoms with Crippen molar-refractivity contribution in [2.45, 2.75) is 63.1 Å². The molecule has 1 aromatic carbocycles. The van der Waals surface area contributed by atoms with E-state index in [1.165, 1.54) is 22.7 Å². The second-order valence-corrected chi connectivity index (χ2v) is 14.1. The lowest BCUT2D eigenvalue weighted by molar-refractivity contribution is -0.181. The Morgan fingerprint density at radius 3 is 2.24 bits per heavy atom. The van der Waals surface area contributed by atoms with Crippen molar-refractivity contribution in [3.63, 3.8) is 0 Å². The highest BCUT2D eigenvalue weighted by molar-refractivity contribution is 7.12. The number of hydrogen-bond acceptors (Lipinski definition) is 9. The smallest absolute Gasteiger partial charge is 0.349 e. The van der Waals surface area contributed by atoms with Gasteiger partial charge >= 0.3 is 5.97 Å². The van der Waals surface area contributed by atoms with E-state index in [2.05, 4.69) is 10.2 Å². The zero-order valence-corrected chi connectivity index (χ0v) is 27.2. The molecule has 2 aliphatic rings. The number of nitrogens with zero attached hydrogens (tertiary/aromatic N) is 2. The molecule has 9 nitrogen and oxygen atoms in total. The minimum atomic E-state index is -1.77. The zero-order valence-electron chi connectivity index (χ0n) is 25.6. The van der Waals surface area contributed by atoms with Crippen LogP contribution in [0.4, 0.5) is 5.69 Å². The Hall–Kier alpha value is -3.38. The van der Waals surface area contributed by atoms with E-state index in [9.17, 15) is 24.3 Å². The molecule has 240 valence electrons. The van der Waals surface area contributed by atoms with Gasteiger partial charge in [-0.25, -0.2) is 4.79 Å². The van der Waals surface area contributed by atoms with Crippen LogP contribution in [0.15, 0.2) is 59.3 Å². The minimum absolute atomic E-state index is 0.0834. The van der Waals surface area contributed by atoms with Gasteiger partial charge in [-0.2, -0.15) is 0 Å². The van der Waals surface area contributed by atoms with Gasteiger partial charge in [-0.3, -0.25) is 14.4 Å². The number of likely N-dealkylation sites (tertiary alicyclic amines) is 1. The molecule has 0 radical (unpaired) electrons. The second kappa shape index (κ2) is 14.8. The third kappa shape index (κ3) is 8.07. The summed E-state index contributed by atoms with van der Waals surface area (Å²) in [4.78, 5) is 54.2. The Morgan fingerprint density at radius 2 is 1.67 bits per heavy atom. The average molecular weight is 652 g/mol. The SMILES string of the molecule is CN(CCCCC(=O)Nc1ccc(C=O)cc1)C(=O)CCN1CCC2(CC1)CC(OC(=O)C(O)(c1cccs1)c1cccs1)C2. The van der Waals surface area contributed by atoms with Crippen LogP contribution in [-0.4, -0.2) is 78.3 Å². The topological polar surface area (TPSA) is 116 Å². The van der Waals surface area contributed by atoms with Gasteiger partial charge in [0.2, 0.25) is 17.4 Å². The first kappa shape index (κ1) is 33.0. The number of aliphatic hydroxyl groups is 1. The van der Waals surface area contributed by atoms with Crippen molar-refractivity contribution in [3.05, 3.63) is 74.6 Å². The van der Waals surface area contributed by atoms with Crippen LogP contribution in [-0.2, 0) is 24.7 Å². The van der Waals surface area contributed by atoms with Gasteiger partial charge < -0.3 is 25.0 Å². The van der Waals surface area contributed by atoms with Gasteiger partial charge in [0.15, 0.2) is 0 Å². The monoisotopic (exact) mass is 651 g/mol. The molecule has 2 N–H and O–H groups in total. The molecule has 1 saturated heterocycles. The molecule has 0 atom stereocenters. The third-order valence-electron chi connectivity index (χ3n) is 9.11. The summed E-state index contributed by atoms with van der Waals surface area (Å²) < 4.78 is 5.87. The molecule has 0 bridgehead atoms. The van der Waals surface area contributed by atoms with Crippen molar-refractivity contribution in [1.29, 1.82) is 0 Å². The zero-order chi connectivity index (χ0) is 31.9. The summed E-state index contributed by atoms with van der Waals surface area (Å²) >= 11 is 2.69. The molecule has 2 amide bonds. The normalized spacial score (nSPS) is 16.6. The van der Waals surface area contributed by atoms with Crippen LogP contribution in [0.2, 0.25) is 0 Å². The highest BCUT2D eigenvalue weighted by Gasteiger charge is 2.51. The first-order valence-electron chi connectivity index (χ1n) is 15.5. The number of hydrogen-bond donors (Lipinski definition) is 2. The standard InChI is InChI=1S/C34H41N3O6S2/c1-36(16-3-2-8-30(39)35-26-11-9-25(24-38)10-12-26)31(40)13-17-37-18-14-33(15-19-37)22-27(23-33)43-32(41)34(42,28-6-4-20-44-28)29-7-5-21-45-29/h4-7,9-12,20-21,24,27,42H,2-3,8,13-19,22-23H2,1H3,(H,35,39). The number of unbranched alkanes of at least 4 members (excludes halogenated alkanes) is 1. The van der Waals surface area contributed by atoms with Crippen LogP contribution in [0.3, 0.4) is 0 Å². The molecular weight excluding hydrogens is 611 g/mol. The van der Waals surface area contributed by atoms with E-state index in [0.717, 1.165) is 58.0 Å². The van der Waals surface area contributed by atoms with Crippen molar-refractivity contribution >= 4 is 52.4 Å². The Bertz CT molecular complexity index is 1390. The Morgan fingerprint density at radius 1 is 1.02 bits per heavy atom. The van der Waals surface area contributed by atoms with Crippen LogP contribution in [0.25, 0.3) is 0 Å². The average Bonchev–Trinajstić information content (AvgIpc) is 3.78. The number of rotatable bonds is 14. The van der Waals surface area contributed by atoms with Crippen LogP contribution >= 0.6 is 22.7 Å². The molecule has 5 rings (SSSR count). The number of thiophene rings is 2. The van der Waals surface area contributed by atoms with E-state index in [0.29, 0.717) is 46.8 Å². The summed E-state index contributed by atoms with van der Waals surface area (Å²) in [6.07, 6.45) is 6.47. The predicted molar refractivity (Wildman–Crippen MR) is 175 cm³/mol. The number of benzene rings is 1. The highest BCUT2D eigenvalue weighted by Crippen LogP contribution is 2.51. The molecule has 3 heterocycles. The van der Waals surface area contributed by atoms with Crippen molar-refractivity contribution in [2.24, 2.45) is 5.41 Å². The van der Waals surface area contributed by atoms with Crippen LogP contribution in [0.1, 0.15) is 71.5 Å². The first-order valence-corrected chi connectivity index (χ1v) is 17.3. The lowest BCUT2D eigenvalue weighted by Crippen LogP contribution is -2.52. The van der Waals surface area contributed by atoms with Crippen molar-refractivity contribution in [1.82, 2.24) is 9.80 Å². The molecule has 1 spiro atoms. The largest absolute Gasteiger partial charge is 0.460 e. The van der Waals surface area contributed by atoms with Gasteiger partial charge in [0.05, 0.1) is 9.75 Å². The number of carbonyl (C=O) groups excluding carboxylic acids is 4. The number of ether oxygens (including phenoxy) is 1. The first-order chi connectivity index (χ1) is 21.7. The number of nitrogens with one attached hydrogen (secondary N) is 1. The van der Waals surface area contributed by atoms with E-state index in [4.69, 9.17) is 4.74 Å². The minimum Gasteiger partial charge on any atom is -0.460 e. The quantitative estimate of drug-likeness (QED) is 0.138. The molecule has 3 aromatic rings. The highest BCUT2D eigenvalue weighted by atomic mass is 32.1. The van der Waals surface area contributed by atoms with Gasteiger partial charge in [-0.05, 0) is 104 Å². The molecule has 45 heavy (non-hydrogen) atoms. The van der Waals surface area contributed by atoms with Gasteiger partial charge in [0, 0.05) is 44.2 Å². The molecule has 11 heteroatoms. The second-order valence-electron chi connectivity index (χ2n) is 12.3. The fourth-order valence-corrected chi connectivity index (χ4v) is 7.96. The Balaban J connectivity index is 0.961. The lowest BCUT2D eigenvalue weighted by atomic mass is 9.61. The van der Waals surface area contributed by atoms with E-state index < -0.39 is 11.6 Å². The molecule has 1 aliphatic carbocycles. The maximum Gasteiger partial charge on any atom is 0.349 e. The van der Waals surface area contributed by atoms with E-state index in [1.807, 2.05) is 29.9 Å². The maximum atomic E-state index is 13.3. The summed E-state index contributed by atoms with van der Waals surface area (Å²) in [5.74, 6) is -0.577. The van der Waals surface area contributed by atoms with Gasteiger partial charge in [-0.15, -0.1) is 22.7 Å². The molecule has 0 unspecified atom stereocenters. The van der Waals surface area contributed by atoms with E-state index in [-0.39, 0.29) is 23.3 Å².